The van der Waals surface area contributed by atoms with E-state index in [2.05, 4.69) is 18.3 Å². The molecule has 2 heterocycles. The summed E-state index contributed by atoms with van der Waals surface area (Å²) >= 11 is 0. The molecule has 0 spiro atoms. The van der Waals surface area contributed by atoms with Gasteiger partial charge in [-0.1, -0.05) is 26.8 Å². The van der Waals surface area contributed by atoms with Crippen LogP contribution in [0.3, 0.4) is 0 Å². The van der Waals surface area contributed by atoms with Gasteiger partial charge in [0.1, 0.15) is 5.82 Å². The third-order valence-electron chi connectivity index (χ3n) is 3.41. The highest BCUT2D eigenvalue weighted by atomic mass is 15.0. The molecule has 1 aromatic heterocycles. The second kappa shape index (κ2) is 4.86. The molecule has 0 saturated heterocycles. The first kappa shape index (κ1) is 11.4. The summed E-state index contributed by atoms with van der Waals surface area (Å²) in [5.74, 6) is 1.97. The van der Waals surface area contributed by atoms with Gasteiger partial charge in [-0.05, 0) is 42.7 Å². The van der Waals surface area contributed by atoms with Gasteiger partial charge in [-0.15, -0.1) is 0 Å². The molecule has 1 atom stereocenters. The van der Waals surface area contributed by atoms with Crippen molar-refractivity contribution < 1.29 is 0 Å². The molecule has 2 aliphatic rings. The van der Waals surface area contributed by atoms with Crippen LogP contribution in [0.1, 0.15) is 44.0 Å². The molecule has 0 radical (unpaired) electrons. The second-order valence-corrected chi connectivity index (χ2v) is 4.63. The smallest absolute Gasteiger partial charge is 0.129 e. The summed E-state index contributed by atoms with van der Waals surface area (Å²) in [6, 6.07) is 2.38. The Balaban J connectivity index is 0.000000457. The number of pyridine rings is 1. The summed E-state index contributed by atoms with van der Waals surface area (Å²) in [5.41, 5.74) is 4.28. The zero-order chi connectivity index (χ0) is 11.5. The van der Waals surface area contributed by atoms with Crippen LogP contribution in [0.15, 0.2) is 6.07 Å². The third-order valence-corrected chi connectivity index (χ3v) is 3.41. The van der Waals surface area contributed by atoms with Gasteiger partial charge in [0.2, 0.25) is 0 Å². The first-order valence-corrected chi connectivity index (χ1v) is 6.58. The van der Waals surface area contributed by atoms with E-state index in [1.807, 2.05) is 13.8 Å². The Bertz CT molecular complexity index is 371. The number of aromatic nitrogens is 1. The number of fused-ring (bicyclic) bond motifs is 2. The molecule has 2 heteroatoms. The minimum absolute atomic E-state index is 0.814. The van der Waals surface area contributed by atoms with Gasteiger partial charge in [0.05, 0.1) is 0 Å². The van der Waals surface area contributed by atoms with Crippen molar-refractivity contribution in [1.82, 2.24) is 4.98 Å². The summed E-state index contributed by atoms with van der Waals surface area (Å²) < 4.78 is 0. The Hall–Kier alpha value is -1.05. The van der Waals surface area contributed by atoms with E-state index < -0.39 is 0 Å². The first-order chi connectivity index (χ1) is 7.83. The molecule has 0 saturated carbocycles. The van der Waals surface area contributed by atoms with Gasteiger partial charge in [0, 0.05) is 12.2 Å². The summed E-state index contributed by atoms with van der Waals surface area (Å²) in [4.78, 5) is 4.73. The number of hydrogen-bond acceptors (Lipinski definition) is 2. The lowest BCUT2D eigenvalue weighted by Gasteiger charge is -2.21. The standard InChI is InChI=1S/C12H16N2.C2H6/c1-8-2-3-9-7-10-4-5-13-12(10)14-11(9)6-8;1-2/h7-8H,2-6H2,1H3,(H,13,14);1-2H3. The predicted molar refractivity (Wildman–Crippen MR) is 69.0 cm³/mol. The summed E-state index contributed by atoms with van der Waals surface area (Å²) in [7, 11) is 0. The summed E-state index contributed by atoms with van der Waals surface area (Å²) in [6.45, 7) is 7.39. The molecule has 1 aliphatic carbocycles. The van der Waals surface area contributed by atoms with Crippen molar-refractivity contribution in [3.8, 4) is 0 Å². The highest BCUT2D eigenvalue weighted by Gasteiger charge is 2.20. The zero-order valence-corrected chi connectivity index (χ0v) is 10.6. The van der Waals surface area contributed by atoms with Crippen LogP contribution in [0.2, 0.25) is 0 Å². The van der Waals surface area contributed by atoms with Crippen molar-refractivity contribution >= 4 is 5.82 Å². The van der Waals surface area contributed by atoms with E-state index >= 15 is 0 Å². The number of rotatable bonds is 0. The summed E-state index contributed by atoms with van der Waals surface area (Å²) in [6.07, 6.45) is 4.90. The molecule has 0 bridgehead atoms. The number of anilines is 1. The Morgan fingerprint density at radius 1 is 1.25 bits per heavy atom. The minimum atomic E-state index is 0.814. The Morgan fingerprint density at radius 3 is 2.88 bits per heavy atom. The monoisotopic (exact) mass is 218 g/mol. The van der Waals surface area contributed by atoms with Gasteiger partial charge in [-0.25, -0.2) is 4.98 Å². The normalized spacial score (nSPS) is 21.3. The quantitative estimate of drug-likeness (QED) is 0.723. The first-order valence-electron chi connectivity index (χ1n) is 6.58. The summed E-state index contributed by atoms with van der Waals surface area (Å²) in [5, 5.41) is 3.35. The van der Waals surface area contributed by atoms with Crippen LogP contribution < -0.4 is 5.32 Å². The third kappa shape index (κ3) is 2.06. The van der Waals surface area contributed by atoms with E-state index in [1.54, 1.807) is 0 Å². The molecule has 0 fully saturated rings. The van der Waals surface area contributed by atoms with Gasteiger partial charge < -0.3 is 5.32 Å². The van der Waals surface area contributed by atoms with Crippen LogP contribution in [0, 0.1) is 5.92 Å². The van der Waals surface area contributed by atoms with Crippen LogP contribution in [0.5, 0.6) is 0 Å². The fraction of sp³-hybridized carbons (Fsp3) is 0.643. The molecule has 0 aromatic carbocycles. The van der Waals surface area contributed by atoms with Crippen LogP contribution >= 0.6 is 0 Å². The number of nitrogens with zero attached hydrogens (tertiary/aromatic N) is 1. The lowest BCUT2D eigenvalue weighted by atomic mass is 9.87. The van der Waals surface area contributed by atoms with Crippen LogP contribution in [-0.4, -0.2) is 11.5 Å². The molecule has 88 valence electrons. The fourth-order valence-corrected chi connectivity index (χ4v) is 2.53. The maximum Gasteiger partial charge on any atom is 0.129 e. The van der Waals surface area contributed by atoms with Gasteiger partial charge >= 0.3 is 0 Å². The molecular formula is C14H22N2. The SMILES string of the molecule is CC.CC1CCc2cc3c(nc2C1)NCC3. The molecule has 1 aliphatic heterocycles. The molecule has 1 aromatic rings. The molecule has 1 unspecified atom stereocenters. The molecule has 1 N–H and O–H groups in total. The number of hydrogen-bond donors (Lipinski definition) is 1. The van der Waals surface area contributed by atoms with Crippen molar-refractivity contribution in [1.29, 1.82) is 0 Å². The van der Waals surface area contributed by atoms with Crippen LogP contribution in [0.4, 0.5) is 5.82 Å². The van der Waals surface area contributed by atoms with Gasteiger partial charge in [-0.2, -0.15) is 0 Å². The largest absolute Gasteiger partial charge is 0.370 e. The zero-order valence-electron chi connectivity index (χ0n) is 10.6. The maximum atomic E-state index is 4.73. The van der Waals surface area contributed by atoms with Gasteiger partial charge in [0.25, 0.3) is 0 Å². The predicted octanol–water partition coefficient (Wildman–Crippen LogP) is 3.20. The second-order valence-electron chi connectivity index (χ2n) is 4.63. The molecular weight excluding hydrogens is 196 g/mol. The Labute approximate surface area is 98.5 Å². The Morgan fingerprint density at radius 2 is 2.06 bits per heavy atom. The molecule has 2 nitrogen and oxygen atoms in total. The highest BCUT2D eigenvalue weighted by molar-refractivity contribution is 5.52. The molecule has 16 heavy (non-hydrogen) atoms. The lowest BCUT2D eigenvalue weighted by Crippen LogP contribution is -2.13. The molecule has 3 rings (SSSR count). The lowest BCUT2D eigenvalue weighted by molar-refractivity contribution is 0.492. The van der Waals surface area contributed by atoms with Crippen molar-refractivity contribution in [3.63, 3.8) is 0 Å². The fourth-order valence-electron chi connectivity index (χ4n) is 2.53. The maximum absolute atomic E-state index is 4.73. The van der Waals surface area contributed by atoms with Crippen molar-refractivity contribution in [3.05, 3.63) is 22.9 Å². The van der Waals surface area contributed by atoms with Crippen molar-refractivity contribution in [2.45, 2.75) is 46.5 Å². The highest BCUT2D eigenvalue weighted by Crippen LogP contribution is 2.29. The van der Waals surface area contributed by atoms with E-state index in [0.717, 1.165) is 24.7 Å². The van der Waals surface area contributed by atoms with Crippen molar-refractivity contribution in [2.24, 2.45) is 5.92 Å². The Kier molecular flexibility index (Phi) is 3.47. The van der Waals surface area contributed by atoms with E-state index in [0.29, 0.717) is 0 Å². The average molecular weight is 218 g/mol. The van der Waals surface area contributed by atoms with E-state index in [-0.39, 0.29) is 0 Å². The molecule has 0 amide bonds. The van der Waals surface area contributed by atoms with Gasteiger partial charge in [-0.3, -0.25) is 0 Å². The minimum Gasteiger partial charge on any atom is -0.370 e. The van der Waals surface area contributed by atoms with Crippen LogP contribution in [0.25, 0.3) is 0 Å². The topological polar surface area (TPSA) is 24.9 Å². The van der Waals surface area contributed by atoms with Crippen molar-refractivity contribution in [2.75, 3.05) is 11.9 Å². The van der Waals surface area contributed by atoms with E-state index in [9.17, 15) is 0 Å². The van der Waals surface area contributed by atoms with E-state index in [4.69, 9.17) is 4.98 Å². The average Bonchev–Trinajstić information content (AvgIpc) is 2.75. The number of aryl methyl sites for hydroxylation is 1. The van der Waals surface area contributed by atoms with Crippen LogP contribution in [-0.2, 0) is 19.3 Å². The van der Waals surface area contributed by atoms with Gasteiger partial charge in [0.15, 0.2) is 0 Å². The van der Waals surface area contributed by atoms with E-state index in [1.165, 1.54) is 36.1 Å². The number of nitrogens with one attached hydrogen (secondary N) is 1.